The highest BCUT2D eigenvalue weighted by molar-refractivity contribution is 6.32. The van der Waals surface area contributed by atoms with Crippen LogP contribution in [0.5, 0.6) is 5.75 Å². The van der Waals surface area contributed by atoms with Gasteiger partial charge in [0.05, 0.1) is 11.6 Å². The Morgan fingerprint density at radius 1 is 1.42 bits per heavy atom. The molecule has 0 aliphatic carbocycles. The van der Waals surface area contributed by atoms with Crippen LogP contribution in [0.4, 0.5) is 0 Å². The molecule has 1 aromatic rings. The summed E-state index contributed by atoms with van der Waals surface area (Å²) >= 11 is 5.96. The quantitative estimate of drug-likeness (QED) is 0.720. The van der Waals surface area contributed by atoms with Crippen LogP contribution in [0.25, 0.3) is 0 Å². The highest BCUT2D eigenvalue weighted by Gasteiger charge is 2.04. The number of nitrogens with one attached hydrogen (secondary N) is 2. The van der Waals surface area contributed by atoms with Gasteiger partial charge in [0.1, 0.15) is 5.75 Å². The Bertz CT molecular complexity index is 399. The standard InChI is InChI=1S/C14H21ClN2O2/c1-11(16-2)10-17-14(18)8-5-9-19-13-7-4-3-6-12(13)15/h3-4,6-7,11,16H,5,8-10H2,1-2H3,(H,17,18). The van der Waals surface area contributed by atoms with E-state index in [1.54, 1.807) is 6.07 Å². The van der Waals surface area contributed by atoms with Gasteiger partial charge in [0, 0.05) is 19.0 Å². The smallest absolute Gasteiger partial charge is 0.220 e. The van der Waals surface area contributed by atoms with Gasteiger partial charge in [-0.25, -0.2) is 0 Å². The van der Waals surface area contributed by atoms with Crippen molar-refractivity contribution in [3.8, 4) is 5.75 Å². The van der Waals surface area contributed by atoms with Crippen molar-refractivity contribution in [2.24, 2.45) is 0 Å². The molecule has 0 saturated carbocycles. The second-order valence-corrected chi connectivity index (χ2v) is 4.78. The van der Waals surface area contributed by atoms with Gasteiger partial charge in [-0.1, -0.05) is 23.7 Å². The summed E-state index contributed by atoms with van der Waals surface area (Å²) in [4.78, 5) is 11.5. The van der Waals surface area contributed by atoms with Crippen LogP contribution in [-0.2, 0) is 4.79 Å². The molecule has 0 bridgehead atoms. The number of benzene rings is 1. The Morgan fingerprint density at radius 2 is 2.16 bits per heavy atom. The summed E-state index contributed by atoms with van der Waals surface area (Å²) in [6.45, 7) is 3.14. The zero-order valence-corrected chi connectivity index (χ0v) is 12.2. The van der Waals surface area contributed by atoms with Crippen LogP contribution >= 0.6 is 11.6 Å². The number of carbonyl (C=O) groups excluding carboxylic acids is 1. The third-order valence-corrected chi connectivity index (χ3v) is 3.05. The summed E-state index contributed by atoms with van der Waals surface area (Å²) in [5.74, 6) is 0.707. The molecule has 5 heteroatoms. The van der Waals surface area contributed by atoms with Gasteiger partial charge in [0.15, 0.2) is 0 Å². The Balaban J connectivity index is 2.14. The number of hydrogen-bond acceptors (Lipinski definition) is 3. The van der Waals surface area contributed by atoms with Crippen molar-refractivity contribution in [3.05, 3.63) is 29.3 Å². The molecular weight excluding hydrogens is 264 g/mol. The lowest BCUT2D eigenvalue weighted by molar-refractivity contribution is -0.121. The molecular formula is C14H21ClN2O2. The Kier molecular flexibility index (Phi) is 7.30. The van der Waals surface area contributed by atoms with Crippen molar-refractivity contribution in [3.63, 3.8) is 0 Å². The number of likely N-dealkylation sites (N-methyl/N-ethyl adjacent to an activating group) is 1. The SMILES string of the molecule is CNC(C)CNC(=O)CCCOc1ccccc1Cl. The molecule has 1 aromatic carbocycles. The van der Waals surface area contributed by atoms with Gasteiger partial charge in [-0.3, -0.25) is 4.79 Å². The summed E-state index contributed by atoms with van der Waals surface area (Å²) in [5, 5.41) is 6.51. The maximum atomic E-state index is 11.5. The van der Waals surface area contributed by atoms with Crippen LogP contribution < -0.4 is 15.4 Å². The first-order valence-corrected chi connectivity index (χ1v) is 6.82. The van der Waals surface area contributed by atoms with Crippen molar-refractivity contribution in [1.29, 1.82) is 0 Å². The number of ether oxygens (including phenoxy) is 1. The number of amides is 1. The summed E-state index contributed by atoms with van der Waals surface area (Å²) in [7, 11) is 1.87. The van der Waals surface area contributed by atoms with E-state index in [9.17, 15) is 4.79 Å². The zero-order valence-electron chi connectivity index (χ0n) is 11.4. The fourth-order valence-electron chi connectivity index (χ4n) is 1.43. The number of carbonyl (C=O) groups is 1. The minimum Gasteiger partial charge on any atom is -0.492 e. The van der Waals surface area contributed by atoms with Crippen molar-refractivity contribution < 1.29 is 9.53 Å². The van der Waals surface area contributed by atoms with Crippen LogP contribution in [0.15, 0.2) is 24.3 Å². The summed E-state index contributed by atoms with van der Waals surface area (Å²) < 4.78 is 5.51. The third kappa shape index (κ3) is 6.45. The van der Waals surface area contributed by atoms with Gasteiger partial charge in [-0.05, 0) is 32.5 Å². The lowest BCUT2D eigenvalue weighted by Gasteiger charge is -2.11. The predicted molar refractivity (Wildman–Crippen MR) is 77.7 cm³/mol. The minimum absolute atomic E-state index is 0.0462. The lowest BCUT2D eigenvalue weighted by Crippen LogP contribution is -2.37. The Morgan fingerprint density at radius 3 is 2.84 bits per heavy atom. The van der Waals surface area contributed by atoms with Crippen molar-refractivity contribution >= 4 is 17.5 Å². The van der Waals surface area contributed by atoms with E-state index in [2.05, 4.69) is 10.6 Å². The predicted octanol–water partition coefficient (Wildman–Crippen LogP) is 2.22. The van der Waals surface area contributed by atoms with E-state index in [0.717, 1.165) is 0 Å². The molecule has 0 saturated heterocycles. The average Bonchev–Trinajstić information content (AvgIpc) is 2.42. The molecule has 2 N–H and O–H groups in total. The van der Waals surface area contributed by atoms with Crippen molar-refractivity contribution in [2.45, 2.75) is 25.8 Å². The van der Waals surface area contributed by atoms with Gasteiger partial charge in [0.25, 0.3) is 0 Å². The van der Waals surface area contributed by atoms with Crippen molar-refractivity contribution in [2.75, 3.05) is 20.2 Å². The molecule has 0 aliphatic rings. The van der Waals surface area contributed by atoms with Gasteiger partial charge >= 0.3 is 0 Å². The van der Waals surface area contributed by atoms with Crippen LogP contribution in [0.2, 0.25) is 5.02 Å². The number of rotatable bonds is 8. The maximum Gasteiger partial charge on any atom is 0.220 e. The number of hydrogen-bond donors (Lipinski definition) is 2. The van der Waals surface area contributed by atoms with E-state index < -0.39 is 0 Å². The van der Waals surface area contributed by atoms with Crippen LogP contribution in [0.3, 0.4) is 0 Å². The highest BCUT2D eigenvalue weighted by atomic mass is 35.5. The van der Waals surface area contributed by atoms with E-state index in [0.29, 0.717) is 36.8 Å². The fraction of sp³-hybridized carbons (Fsp3) is 0.500. The van der Waals surface area contributed by atoms with Crippen LogP contribution in [-0.4, -0.2) is 32.1 Å². The van der Waals surface area contributed by atoms with E-state index in [1.165, 1.54) is 0 Å². The van der Waals surface area contributed by atoms with Crippen LogP contribution in [0.1, 0.15) is 19.8 Å². The lowest BCUT2D eigenvalue weighted by atomic mass is 10.3. The highest BCUT2D eigenvalue weighted by Crippen LogP contribution is 2.23. The van der Waals surface area contributed by atoms with E-state index in [-0.39, 0.29) is 11.9 Å². The first-order chi connectivity index (χ1) is 9.13. The topological polar surface area (TPSA) is 50.4 Å². The zero-order chi connectivity index (χ0) is 14.1. The molecule has 1 unspecified atom stereocenters. The molecule has 106 valence electrons. The molecule has 1 rings (SSSR count). The first-order valence-electron chi connectivity index (χ1n) is 6.44. The van der Waals surface area contributed by atoms with Gasteiger partial charge < -0.3 is 15.4 Å². The van der Waals surface area contributed by atoms with Crippen LogP contribution in [0, 0.1) is 0 Å². The third-order valence-electron chi connectivity index (χ3n) is 2.74. The second kappa shape index (κ2) is 8.77. The monoisotopic (exact) mass is 284 g/mol. The average molecular weight is 285 g/mol. The van der Waals surface area contributed by atoms with Gasteiger partial charge in [-0.15, -0.1) is 0 Å². The number of halogens is 1. The van der Waals surface area contributed by atoms with Gasteiger partial charge in [-0.2, -0.15) is 0 Å². The van der Waals surface area contributed by atoms with Gasteiger partial charge in [0.2, 0.25) is 5.91 Å². The molecule has 4 nitrogen and oxygen atoms in total. The Hall–Kier alpha value is -1.26. The molecule has 0 heterocycles. The molecule has 1 amide bonds. The molecule has 19 heavy (non-hydrogen) atoms. The first kappa shape index (κ1) is 15.8. The largest absolute Gasteiger partial charge is 0.492 e. The summed E-state index contributed by atoms with van der Waals surface area (Å²) in [6, 6.07) is 7.60. The molecule has 0 fully saturated rings. The van der Waals surface area contributed by atoms with Crippen molar-refractivity contribution in [1.82, 2.24) is 10.6 Å². The fourth-order valence-corrected chi connectivity index (χ4v) is 1.62. The molecule has 0 radical (unpaired) electrons. The molecule has 0 spiro atoms. The molecule has 0 aromatic heterocycles. The Labute approximate surface area is 119 Å². The maximum absolute atomic E-state index is 11.5. The van der Waals surface area contributed by atoms with E-state index in [4.69, 9.17) is 16.3 Å². The minimum atomic E-state index is 0.0462. The molecule has 0 aliphatic heterocycles. The van der Waals surface area contributed by atoms with E-state index >= 15 is 0 Å². The molecule has 1 atom stereocenters. The number of para-hydroxylation sites is 1. The second-order valence-electron chi connectivity index (χ2n) is 4.38. The summed E-state index contributed by atoms with van der Waals surface area (Å²) in [5.41, 5.74) is 0. The normalized spacial score (nSPS) is 11.9. The summed E-state index contributed by atoms with van der Waals surface area (Å²) in [6.07, 6.45) is 1.13. The van der Waals surface area contributed by atoms with E-state index in [1.807, 2.05) is 32.2 Å².